The maximum absolute atomic E-state index is 11.5. The molecule has 2 N–H and O–H groups in total. The van der Waals surface area contributed by atoms with Gasteiger partial charge in [-0.2, -0.15) is 10.1 Å². The van der Waals surface area contributed by atoms with Crippen LogP contribution >= 0.6 is 0 Å². The number of amides is 1. The Morgan fingerprint density at radius 1 is 1.32 bits per heavy atom. The molecule has 2 aromatic rings. The lowest BCUT2D eigenvalue weighted by molar-refractivity contribution is -0.116. The molecule has 1 aliphatic heterocycles. The van der Waals surface area contributed by atoms with E-state index in [1.54, 1.807) is 6.20 Å². The maximum atomic E-state index is 11.5. The van der Waals surface area contributed by atoms with Crippen LogP contribution in [0.3, 0.4) is 0 Å². The van der Waals surface area contributed by atoms with Crippen molar-refractivity contribution in [2.24, 2.45) is 0 Å². The number of nitrogens with one attached hydrogen (secondary N) is 2. The van der Waals surface area contributed by atoms with Crippen LogP contribution in [0.5, 0.6) is 0 Å². The monoisotopic (exact) mass is 380 g/mol. The van der Waals surface area contributed by atoms with Crippen molar-refractivity contribution in [2.45, 2.75) is 45.1 Å². The van der Waals surface area contributed by atoms with Gasteiger partial charge in [0.2, 0.25) is 11.9 Å². The van der Waals surface area contributed by atoms with E-state index in [0.29, 0.717) is 24.2 Å². The lowest BCUT2D eigenvalue weighted by atomic mass is 10.0. The summed E-state index contributed by atoms with van der Waals surface area (Å²) in [4.78, 5) is 18.3. The van der Waals surface area contributed by atoms with E-state index < -0.39 is 0 Å². The molecule has 2 heterocycles. The van der Waals surface area contributed by atoms with Crippen molar-refractivity contribution < 1.29 is 4.79 Å². The fraction of sp³-hybridized carbons (Fsp3) is 0.429. The summed E-state index contributed by atoms with van der Waals surface area (Å²) in [6.45, 7) is 9.25. The first-order valence-electron chi connectivity index (χ1n) is 9.80. The van der Waals surface area contributed by atoms with Gasteiger partial charge in [0, 0.05) is 24.8 Å². The van der Waals surface area contributed by atoms with Crippen LogP contribution in [0.1, 0.15) is 44.6 Å². The van der Waals surface area contributed by atoms with Crippen LogP contribution in [-0.4, -0.2) is 40.2 Å². The molecule has 0 radical (unpaired) electrons. The Labute approximate surface area is 166 Å². The lowest BCUT2D eigenvalue weighted by Gasteiger charge is -2.35. The third-order valence-electron chi connectivity index (χ3n) is 4.98. The topological polar surface area (TPSA) is 83.0 Å². The van der Waals surface area contributed by atoms with E-state index in [9.17, 15) is 4.79 Å². The first kappa shape index (κ1) is 19.8. The normalized spacial score (nSPS) is 16.7. The third-order valence-corrected chi connectivity index (χ3v) is 4.98. The second-order valence-corrected chi connectivity index (χ2v) is 7.34. The van der Waals surface area contributed by atoms with Crippen LogP contribution in [-0.2, 0) is 4.79 Å². The smallest absolute Gasteiger partial charge is 0.247 e. The number of aromatic nitrogens is 3. The highest BCUT2D eigenvalue weighted by molar-refractivity contribution is 5.86. The number of hydrogen-bond donors (Lipinski definition) is 2. The van der Waals surface area contributed by atoms with E-state index in [0.717, 1.165) is 31.5 Å². The van der Waals surface area contributed by atoms with Gasteiger partial charge in [0.15, 0.2) is 5.82 Å². The molecule has 3 rings (SSSR count). The Balaban J connectivity index is 1.71. The number of nitrogens with zero attached hydrogens (tertiary/aromatic N) is 4. The van der Waals surface area contributed by atoms with Gasteiger partial charge in [-0.05, 0) is 49.0 Å². The molecule has 0 aliphatic carbocycles. The predicted octanol–water partition coefficient (Wildman–Crippen LogP) is 3.40. The fourth-order valence-electron chi connectivity index (χ4n) is 3.34. The molecule has 28 heavy (non-hydrogen) atoms. The van der Waals surface area contributed by atoms with E-state index in [-0.39, 0.29) is 11.9 Å². The molecule has 1 amide bonds. The number of hydrogen-bond acceptors (Lipinski definition) is 6. The molecule has 1 aromatic carbocycles. The Morgan fingerprint density at radius 2 is 2.11 bits per heavy atom. The average Bonchev–Trinajstić information content (AvgIpc) is 2.72. The van der Waals surface area contributed by atoms with E-state index >= 15 is 0 Å². The summed E-state index contributed by atoms with van der Waals surface area (Å²) in [5.74, 6) is 1.58. The standard InChI is InChI=1S/C21H28N6O/c1-4-20(28)22-13-18-7-5-6-12-27(18)21-25-19(14-23-26-21)24-17-10-8-16(9-11-17)15(2)3/h4,8-11,14-15,18H,1,5-7,12-13H2,2-3H3,(H,22,28)(H,24,25,26)/t18-/m0/s1. The SMILES string of the molecule is C=CC(=O)NC[C@@H]1CCCCN1c1nncc(Nc2ccc(C(C)C)cc2)n1. The molecular weight excluding hydrogens is 352 g/mol. The van der Waals surface area contributed by atoms with Crippen molar-refractivity contribution in [3.05, 3.63) is 48.7 Å². The number of carbonyl (C=O) groups is 1. The van der Waals surface area contributed by atoms with Crippen molar-refractivity contribution in [3.63, 3.8) is 0 Å². The van der Waals surface area contributed by atoms with Gasteiger partial charge in [-0.3, -0.25) is 4.79 Å². The van der Waals surface area contributed by atoms with Crippen LogP contribution in [0.2, 0.25) is 0 Å². The highest BCUT2D eigenvalue weighted by atomic mass is 16.1. The summed E-state index contributed by atoms with van der Waals surface area (Å²) in [6.07, 6.45) is 6.09. The number of benzene rings is 1. The summed E-state index contributed by atoms with van der Waals surface area (Å²) in [5.41, 5.74) is 2.26. The zero-order valence-electron chi connectivity index (χ0n) is 16.6. The second-order valence-electron chi connectivity index (χ2n) is 7.34. The summed E-state index contributed by atoms with van der Waals surface area (Å²) in [6, 6.07) is 8.48. The Bertz CT molecular complexity index is 805. The number of carbonyl (C=O) groups excluding carboxylic acids is 1. The molecule has 7 heteroatoms. The van der Waals surface area contributed by atoms with Crippen molar-refractivity contribution in [1.29, 1.82) is 0 Å². The van der Waals surface area contributed by atoms with Crippen molar-refractivity contribution in [1.82, 2.24) is 20.5 Å². The molecule has 1 aromatic heterocycles. The van der Waals surface area contributed by atoms with Crippen molar-refractivity contribution in [2.75, 3.05) is 23.3 Å². The molecule has 1 atom stereocenters. The van der Waals surface area contributed by atoms with Crippen LogP contribution in [0, 0.1) is 0 Å². The first-order chi connectivity index (χ1) is 13.6. The van der Waals surface area contributed by atoms with Crippen molar-refractivity contribution in [3.8, 4) is 0 Å². The first-order valence-corrected chi connectivity index (χ1v) is 9.80. The Kier molecular flexibility index (Phi) is 6.57. The van der Waals surface area contributed by atoms with Gasteiger partial charge in [-0.1, -0.05) is 32.6 Å². The van der Waals surface area contributed by atoms with E-state index in [2.05, 4.69) is 63.3 Å². The van der Waals surface area contributed by atoms with Crippen LogP contribution < -0.4 is 15.5 Å². The molecule has 1 fully saturated rings. The Morgan fingerprint density at radius 3 is 2.82 bits per heavy atom. The number of rotatable bonds is 7. The van der Waals surface area contributed by atoms with Gasteiger partial charge in [0.25, 0.3) is 0 Å². The largest absolute Gasteiger partial charge is 0.351 e. The van der Waals surface area contributed by atoms with Crippen LogP contribution in [0.4, 0.5) is 17.5 Å². The third kappa shape index (κ3) is 5.06. The fourth-order valence-corrected chi connectivity index (χ4v) is 3.34. The molecule has 1 aliphatic rings. The molecule has 0 spiro atoms. The van der Waals surface area contributed by atoms with Gasteiger partial charge in [-0.25, -0.2) is 0 Å². The molecule has 0 saturated carbocycles. The molecule has 1 saturated heterocycles. The summed E-state index contributed by atoms with van der Waals surface area (Å²) >= 11 is 0. The van der Waals surface area contributed by atoms with Crippen LogP contribution in [0.25, 0.3) is 0 Å². The summed E-state index contributed by atoms with van der Waals surface area (Å²) < 4.78 is 0. The lowest BCUT2D eigenvalue weighted by Crippen LogP contribution is -2.47. The zero-order valence-corrected chi connectivity index (χ0v) is 16.6. The van der Waals surface area contributed by atoms with Gasteiger partial charge in [-0.15, -0.1) is 5.10 Å². The van der Waals surface area contributed by atoms with Gasteiger partial charge in [0.1, 0.15) is 0 Å². The van der Waals surface area contributed by atoms with E-state index in [1.807, 2.05) is 12.1 Å². The maximum Gasteiger partial charge on any atom is 0.247 e. The van der Waals surface area contributed by atoms with Crippen LogP contribution in [0.15, 0.2) is 43.1 Å². The molecule has 148 valence electrons. The highest BCUT2D eigenvalue weighted by Gasteiger charge is 2.25. The zero-order chi connectivity index (χ0) is 19.9. The Hall–Kier alpha value is -2.96. The predicted molar refractivity (Wildman–Crippen MR) is 112 cm³/mol. The summed E-state index contributed by atoms with van der Waals surface area (Å²) in [7, 11) is 0. The molecule has 0 bridgehead atoms. The molecular formula is C21H28N6O. The minimum absolute atomic E-state index is 0.153. The van der Waals surface area contributed by atoms with E-state index in [4.69, 9.17) is 0 Å². The number of anilines is 3. The van der Waals surface area contributed by atoms with Gasteiger partial charge in [0.05, 0.1) is 6.20 Å². The minimum atomic E-state index is -0.162. The second kappa shape index (κ2) is 9.30. The minimum Gasteiger partial charge on any atom is -0.351 e. The van der Waals surface area contributed by atoms with E-state index in [1.165, 1.54) is 11.6 Å². The molecule has 7 nitrogen and oxygen atoms in total. The van der Waals surface area contributed by atoms with Crippen molar-refractivity contribution >= 4 is 23.4 Å². The summed E-state index contributed by atoms with van der Waals surface area (Å²) in [5, 5.41) is 14.5. The highest BCUT2D eigenvalue weighted by Crippen LogP contribution is 2.23. The van der Waals surface area contributed by atoms with Gasteiger partial charge >= 0.3 is 0 Å². The quantitative estimate of drug-likeness (QED) is 0.717. The van der Waals surface area contributed by atoms with Gasteiger partial charge < -0.3 is 15.5 Å². The average molecular weight is 380 g/mol. The number of piperidine rings is 1. The molecule has 0 unspecified atom stereocenters.